The highest BCUT2D eigenvalue weighted by molar-refractivity contribution is 5.57. The summed E-state index contributed by atoms with van der Waals surface area (Å²) in [6.07, 6.45) is 0. The van der Waals surface area contributed by atoms with E-state index in [1.165, 1.54) is 6.07 Å². The van der Waals surface area contributed by atoms with Gasteiger partial charge >= 0.3 is 0 Å². The van der Waals surface area contributed by atoms with E-state index in [4.69, 9.17) is 4.74 Å². The fraction of sp³-hybridized carbons (Fsp3) is 0.158. The van der Waals surface area contributed by atoms with Crippen molar-refractivity contribution in [3.05, 3.63) is 71.7 Å². The van der Waals surface area contributed by atoms with Gasteiger partial charge in [-0.15, -0.1) is 0 Å². The molecule has 0 saturated heterocycles. The largest absolute Gasteiger partial charge is 0.497 e. The van der Waals surface area contributed by atoms with Crippen molar-refractivity contribution in [3.63, 3.8) is 0 Å². The topological polar surface area (TPSA) is 59.1 Å². The van der Waals surface area contributed by atoms with E-state index in [1.54, 1.807) is 25.3 Å². The smallest absolute Gasteiger partial charge is 0.229 e. The minimum atomic E-state index is -0.240. The second kappa shape index (κ2) is 7.61. The maximum absolute atomic E-state index is 13.7. The normalized spacial score (nSPS) is 10.4. The molecule has 0 unspecified atom stereocenters. The van der Waals surface area contributed by atoms with Crippen molar-refractivity contribution in [3.8, 4) is 5.75 Å². The molecule has 1 aromatic heterocycles. The first-order valence-electron chi connectivity index (χ1n) is 7.88. The maximum Gasteiger partial charge on any atom is 0.229 e. The summed E-state index contributed by atoms with van der Waals surface area (Å²) >= 11 is 0. The number of benzene rings is 2. The number of hydrogen-bond donors (Lipinski definition) is 2. The lowest BCUT2D eigenvalue weighted by Crippen LogP contribution is -2.06. The molecule has 0 radical (unpaired) electrons. The van der Waals surface area contributed by atoms with E-state index in [0.29, 0.717) is 23.9 Å². The second-order valence-electron chi connectivity index (χ2n) is 5.52. The lowest BCUT2D eigenvalue weighted by atomic mass is 10.2. The van der Waals surface area contributed by atoms with Crippen LogP contribution in [0.4, 0.5) is 21.8 Å². The Bertz CT molecular complexity index is 870. The van der Waals surface area contributed by atoms with Crippen molar-refractivity contribution in [2.24, 2.45) is 0 Å². The Hall–Kier alpha value is -3.15. The monoisotopic (exact) mass is 338 g/mol. The standard InChI is InChI=1S/C19H19FN4O/c1-13-10-18(21-12-14-6-3-4-9-17(14)20)24-19(22-13)23-15-7-5-8-16(11-15)25-2/h3-11H,12H2,1-2H3,(H2,21,22,23,24). The van der Waals surface area contributed by atoms with Crippen LogP contribution in [0.3, 0.4) is 0 Å². The lowest BCUT2D eigenvalue weighted by molar-refractivity contribution is 0.415. The van der Waals surface area contributed by atoms with Crippen molar-refractivity contribution < 1.29 is 9.13 Å². The number of anilines is 3. The van der Waals surface area contributed by atoms with Crippen molar-refractivity contribution in [1.29, 1.82) is 0 Å². The van der Waals surface area contributed by atoms with Crippen LogP contribution in [0.2, 0.25) is 0 Å². The molecule has 2 N–H and O–H groups in total. The summed E-state index contributed by atoms with van der Waals surface area (Å²) in [5.41, 5.74) is 2.21. The molecule has 0 bridgehead atoms. The molecule has 0 aliphatic heterocycles. The highest BCUT2D eigenvalue weighted by Crippen LogP contribution is 2.21. The van der Waals surface area contributed by atoms with E-state index >= 15 is 0 Å². The minimum Gasteiger partial charge on any atom is -0.497 e. The second-order valence-corrected chi connectivity index (χ2v) is 5.52. The zero-order chi connectivity index (χ0) is 17.6. The van der Waals surface area contributed by atoms with E-state index in [0.717, 1.165) is 17.1 Å². The zero-order valence-electron chi connectivity index (χ0n) is 14.1. The van der Waals surface area contributed by atoms with Crippen molar-refractivity contribution in [2.75, 3.05) is 17.7 Å². The number of methoxy groups -OCH3 is 1. The Morgan fingerprint density at radius 3 is 2.68 bits per heavy atom. The van der Waals surface area contributed by atoms with E-state index in [1.807, 2.05) is 37.3 Å². The summed E-state index contributed by atoms with van der Waals surface area (Å²) in [7, 11) is 1.62. The van der Waals surface area contributed by atoms with E-state index < -0.39 is 0 Å². The molecule has 6 heteroatoms. The number of hydrogen-bond acceptors (Lipinski definition) is 5. The van der Waals surface area contributed by atoms with Crippen molar-refractivity contribution in [2.45, 2.75) is 13.5 Å². The van der Waals surface area contributed by atoms with Gasteiger partial charge in [-0.1, -0.05) is 24.3 Å². The molecule has 0 aliphatic rings. The quantitative estimate of drug-likeness (QED) is 0.702. The highest BCUT2D eigenvalue weighted by Gasteiger charge is 2.05. The van der Waals surface area contributed by atoms with Crippen molar-refractivity contribution >= 4 is 17.5 Å². The van der Waals surface area contributed by atoms with E-state index in [-0.39, 0.29) is 5.82 Å². The number of nitrogens with one attached hydrogen (secondary N) is 2. The summed E-state index contributed by atoms with van der Waals surface area (Å²) in [5, 5.41) is 6.29. The molecule has 5 nitrogen and oxygen atoms in total. The van der Waals surface area contributed by atoms with Gasteiger partial charge < -0.3 is 15.4 Å². The fourth-order valence-corrected chi connectivity index (χ4v) is 2.37. The van der Waals surface area contributed by atoms with Crippen LogP contribution in [-0.2, 0) is 6.54 Å². The molecule has 0 amide bonds. The molecule has 3 rings (SSSR count). The van der Waals surface area contributed by atoms with Crippen LogP contribution in [0, 0.1) is 12.7 Å². The Morgan fingerprint density at radius 2 is 1.88 bits per heavy atom. The van der Waals surface area contributed by atoms with Gasteiger partial charge in [-0.2, -0.15) is 4.98 Å². The Kier molecular flexibility index (Phi) is 5.09. The number of aryl methyl sites for hydroxylation is 1. The molecule has 128 valence electrons. The fourth-order valence-electron chi connectivity index (χ4n) is 2.37. The van der Waals surface area contributed by atoms with Crippen LogP contribution in [0.5, 0.6) is 5.75 Å². The number of aromatic nitrogens is 2. The Labute approximate surface area is 145 Å². The zero-order valence-corrected chi connectivity index (χ0v) is 14.1. The average molecular weight is 338 g/mol. The van der Waals surface area contributed by atoms with Gasteiger partial charge in [0.15, 0.2) is 0 Å². The predicted octanol–water partition coefficient (Wildman–Crippen LogP) is 4.29. The molecular formula is C19H19FN4O. The average Bonchev–Trinajstić information content (AvgIpc) is 2.61. The summed E-state index contributed by atoms with van der Waals surface area (Å²) in [6, 6.07) is 16.0. The number of nitrogens with zero attached hydrogens (tertiary/aromatic N) is 2. The molecule has 0 fully saturated rings. The summed E-state index contributed by atoms with van der Waals surface area (Å²) in [6.45, 7) is 2.23. The van der Waals surface area contributed by atoms with Gasteiger partial charge in [-0.3, -0.25) is 0 Å². The van der Waals surface area contributed by atoms with E-state index in [2.05, 4.69) is 20.6 Å². The van der Waals surface area contributed by atoms with Gasteiger partial charge in [0.25, 0.3) is 0 Å². The van der Waals surface area contributed by atoms with Gasteiger partial charge in [0.1, 0.15) is 17.4 Å². The number of rotatable bonds is 6. The van der Waals surface area contributed by atoms with Gasteiger partial charge in [-0.25, -0.2) is 9.37 Å². The van der Waals surface area contributed by atoms with Gasteiger partial charge in [0.05, 0.1) is 7.11 Å². The molecule has 3 aromatic rings. The van der Waals surface area contributed by atoms with Gasteiger partial charge in [0, 0.05) is 35.6 Å². The molecular weight excluding hydrogens is 319 g/mol. The summed E-state index contributed by atoms with van der Waals surface area (Å²) < 4.78 is 18.9. The molecule has 0 atom stereocenters. The lowest BCUT2D eigenvalue weighted by Gasteiger charge is -2.11. The Morgan fingerprint density at radius 1 is 1.04 bits per heavy atom. The summed E-state index contributed by atoms with van der Waals surface area (Å²) in [4.78, 5) is 8.81. The predicted molar refractivity (Wildman–Crippen MR) is 96.8 cm³/mol. The van der Waals surface area contributed by atoms with Crippen LogP contribution >= 0.6 is 0 Å². The highest BCUT2D eigenvalue weighted by atomic mass is 19.1. The molecule has 0 aliphatic carbocycles. The van der Waals surface area contributed by atoms with Crippen LogP contribution in [0.15, 0.2) is 54.6 Å². The third-order valence-corrected chi connectivity index (χ3v) is 3.60. The van der Waals surface area contributed by atoms with Gasteiger partial charge in [0.2, 0.25) is 5.95 Å². The maximum atomic E-state index is 13.7. The van der Waals surface area contributed by atoms with Crippen LogP contribution < -0.4 is 15.4 Å². The first-order chi connectivity index (χ1) is 12.1. The molecule has 2 aromatic carbocycles. The molecule has 0 saturated carbocycles. The van der Waals surface area contributed by atoms with Crippen LogP contribution in [0.25, 0.3) is 0 Å². The summed E-state index contributed by atoms with van der Waals surface area (Å²) in [5.74, 6) is 1.59. The molecule has 0 spiro atoms. The molecule has 1 heterocycles. The minimum absolute atomic E-state index is 0.240. The van der Waals surface area contributed by atoms with E-state index in [9.17, 15) is 4.39 Å². The number of halogens is 1. The van der Waals surface area contributed by atoms with Gasteiger partial charge in [-0.05, 0) is 25.1 Å². The first-order valence-corrected chi connectivity index (χ1v) is 7.88. The van der Waals surface area contributed by atoms with Crippen LogP contribution in [-0.4, -0.2) is 17.1 Å². The SMILES string of the molecule is COc1cccc(Nc2nc(C)cc(NCc3ccccc3F)n2)c1. The Balaban J connectivity index is 1.75. The third kappa shape index (κ3) is 4.44. The van der Waals surface area contributed by atoms with Crippen molar-refractivity contribution in [1.82, 2.24) is 9.97 Å². The molecule has 25 heavy (non-hydrogen) atoms. The first kappa shape index (κ1) is 16.7. The number of ether oxygens (including phenoxy) is 1. The van der Waals surface area contributed by atoms with Crippen LogP contribution in [0.1, 0.15) is 11.3 Å². The third-order valence-electron chi connectivity index (χ3n) is 3.60.